The number of carbonyl (C=O) groups is 1. The second-order valence-corrected chi connectivity index (χ2v) is 5.20. The van der Waals surface area contributed by atoms with Gasteiger partial charge in [-0.25, -0.2) is 0 Å². The third-order valence-corrected chi connectivity index (χ3v) is 3.33. The van der Waals surface area contributed by atoms with E-state index in [0.29, 0.717) is 0 Å². The van der Waals surface area contributed by atoms with Crippen molar-refractivity contribution in [1.29, 1.82) is 0 Å². The van der Waals surface area contributed by atoms with Gasteiger partial charge in [-0.3, -0.25) is 4.79 Å². The molecule has 0 aliphatic carbocycles. The fourth-order valence-electron chi connectivity index (χ4n) is 1.93. The number of amides is 1. The summed E-state index contributed by atoms with van der Waals surface area (Å²) in [5, 5.41) is 0. The van der Waals surface area contributed by atoms with E-state index in [-0.39, 0.29) is 38.4 Å². The standard InChI is InChI=1S/C11H19F3N2O/c1-10(2,7-15)9(17)16-5-3-8(4-6-16)11(12,13)14/h8H,3-7,15H2,1-2H3. The molecule has 0 unspecified atom stereocenters. The number of carbonyl (C=O) groups excluding carboxylic acids is 1. The summed E-state index contributed by atoms with van der Waals surface area (Å²) >= 11 is 0. The molecule has 1 heterocycles. The zero-order chi connectivity index (χ0) is 13.3. The van der Waals surface area contributed by atoms with Crippen LogP contribution >= 0.6 is 0 Å². The number of alkyl halides is 3. The van der Waals surface area contributed by atoms with Crippen molar-refractivity contribution in [3.05, 3.63) is 0 Å². The topological polar surface area (TPSA) is 46.3 Å². The first-order chi connectivity index (χ1) is 7.68. The van der Waals surface area contributed by atoms with E-state index >= 15 is 0 Å². The van der Waals surface area contributed by atoms with Gasteiger partial charge in [-0.15, -0.1) is 0 Å². The lowest BCUT2D eigenvalue weighted by Gasteiger charge is -2.37. The molecule has 1 fully saturated rings. The van der Waals surface area contributed by atoms with Crippen molar-refractivity contribution in [2.45, 2.75) is 32.9 Å². The summed E-state index contributed by atoms with van der Waals surface area (Å²) < 4.78 is 37.3. The highest BCUT2D eigenvalue weighted by Gasteiger charge is 2.43. The number of halogens is 3. The average molecular weight is 252 g/mol. The fraction of sp³-hybridized carbons (Fsp3) is 0.909. The van der Waals surface area contributed by atoms with Crippen LogP contribution in [0.1, 0.15) is 26.7 Å². The minimum atomic E-state index is -4.14. The Balaban J connectivity index is 2.56. The molecule has 0 aromatic rings. The first kappa shape index (κ1) is 14.3. The molecule has 2 N–H and O–H groups in total. The number of hydrogen-bond acceptors (Lipinski definition) is 2. The zero-order valence-electron chi connectivity index (χ0n) is 10.2. The third-order valence-electron chi connectivity index (χ3n) is 3.33. The minimum absolute atomic E-state index is 0.00408. The lowest BCUT2D eigenvalue weighted by atomic mass is 9.89. The van der Waals surface area contributed by atoms with Crippen LogP contribution in [0.15, 0.2) is 0 Å². The number of likely N-dealkylation sites (tertiary alicyclic amines) is 1. The SMILES string of the molecule is CC(C)(CN)C(=O)N1CCC(C(F)(F)F)CC1. The van der Waals surface area contributed by atoms with Crippen LogP contribution in [0.3, 0.4) is 0 Å². The Morgan fingerprint density at radius 3 is 2.12 bits per heavy atom. The molecule has 100 valence electrons. The van der Waals surface area contributed by atoms with Gasteiger partial charge in [-0.05, 0) is 26.7 Å². The van der Waals surface area contributed by atoms with Gasteiger partial charge in [-0.2, -0.15) is 13.2 Å². The molecule has 3 nitrogen and oxygen atoms in total. The van der Waals surface area contributed by atoms with Crippen LogP contribution in [0.25, 0.3) is 0 Å². The number of nitrogens with zero attached hydrogens (tertiary/aromatic N) is 1. The fourth-order valence-corrected chi connectivity index (χ4v) is 1.93. The average Bonchev–Trinajstić information content (AvgIpc) is 2.27. The van der Waals surface area contributed by atoms with Crippen LogP contribution in [-0.2, 0) is 4.79 Å². The van der Waals surface area contributed by atoms with E-state index in [0.717, 1.165) is 0 Å². The van der Waals surface area contributed by atoms with E-state index < -0.39 is 17.5 Å². The summed E-state index contributed by atoms with van der Waals surface area (Å²) in [6, 6.07) is 0. The van der Waals surface area contributed by atoms with E-state index in [4.69, 9.17) is 5.73 Å². The maximum atomic E-state index is 12.4. The van der Waals surface area contributed by atoms with Crippen LogP contribution < -0.4 is 5.73 Å². The highest BCUT2D eigenvalue weighted by Crippen LogP contribution is 2.34. The molecule has 1 amide bonds. The highest BCUT2D eigenvalue weighted by atomic mass is 19.4. The Hall–Kier alpha value is -0.780. The van der Waals surface area contributed by atoms with Gasteiger partial charge in [0.05, 0.1) is 11.3 Å². The van der Waals surface area contributed by atoms with Gasteiger partial charge in [0.15, 0.2) is 0 Å². The van der Waals surface area contributed by atoms with Crippen molar-refractivity contribution in [1.82, 2.24) is 4.90 Å². The number of rotatable bonds is 2. The molecule has 1 aliphatic heterocycles. The summed E-state index contributed by atoms with van der Waals surface area (Å²) in [7, 11) is 0. The molecule has 1 rings (SSSR count). The molecular weight excluding hydrogens is 233 g/mol. The maximum Gasteiger partial charge on any atom is 0.391 e. The molecule has 17 heavy (non-hydrogen) atoms. The Morgan fingerprint density at radius 2 is 1.76 bits per heavy atom. The predicted molar refractivity (Wildman–Crippen MR) is 58.2 cm³/mol. The lowest BCUT2D eigenvalue weighted by molar-refractivity contribution is -0.187. The van der Waals surface area contributed by atoms with Crippen LogP contribution in [0.4, 0.5) is 13.2 Å². The van der Waals surface area contributed by atoms with E-state index in [1.165, 1.54) is 4.90 Å². The summed E-state index contributed by atoms with van der Waals surface area (Å²) in [4.78, 5) is 13.5. The largest absolute Gasteiger partial charge is 0.391 e. The molecule has 0 aromatic heterocycles. The minimum Gasteiger partial charge on any atom is -0.342 e. The number of piperidine rings is 1. The molecule has 0 spiro atoms. The van der Waals surface area contributed by atoms with Crippen LogP contribution in [0.2, 0.25) is 0 Å². The predicted octanol–water partition coefficient (Wildman–Crippen LogP) is 1.77. The van der Waals surface area contributed by atoms with Crippen molar-refractivity contribution in [3.8, 4) is 0 Å². The molecule has 0 aromatic carbocycles. The van der Waals surface area contributed by atoms with Gasteiger partial charge in [0.1, 0.15) is 0 Å². The van der Waals surface area contributed by atoms with Crippen molar-refractivity contribution < 1.29 is 18.0 Å². The molecule has 0 atom stereocenters. The van der Waals surface area contributed by atoms with Crippen molar-refractivity contribution in [3.63, 3.8) is 0 Å². The van der Waals surface area contributed by atoms with Gasteiger partial charge >= 0.3 is 6.18 Å². The zero-order valence-corrected chi connectivity index (χ0v) is 10.2. The Labute approximate surface area is 99.1 Å². The first-order valence-corrected chi connectivity index (χ1v) is 5.74. The van der Waals surface area contributed by atoms with E-state index in [1.54, 1.807) is 13.8 Å². The number of hydrogen-bond donors (Lipinski definition) is 1. The monoisotopic (exact) mass is 252 g/mol. The molecule has 6 heteroatoms. The Morgan fingerprint density at radius 1 is 1.29 bits per heavy atom. The van der Waals surface area contributed by atoms with E-state index in [1.807, 2.05) is 0 Å². The van der Waals surface area contributed by atoms with Crippen molar-refractivity contribution in [2.24, 2.45) is 17.1 Å². The molecule has 1 saturated heterocycles. The summed E-state index contributed by atoms with van der Waals surface area (Å²) in [5.74, 6) is -1.42. The second-order valence-electron chi connectivity index (χ2n) is 5.20. The van der Waals surface area contributed by atoms with Gasteiger partial charge < -0.3 is 10.6 Å². The second kappa shape index (κ2) is 4.84. The lowest BCUT2D eigenvalue weighted by Crippen LogP contribution is -2.49. The van der Waals surface area contributed by atoms with E-state index in [2.05, 4.69) is 0 Å². The van der Waals surface area contributed by atoms with Gasteiger partial charge in [-0.1, -0.05) is 0 Å². The summed E-state index contributed by atoms with van der Waals surface area (Å²) in [6.45, 7) is 3.97. The smallest absolute Gasteiger partial charge is 0.342 e. The van der Waals surface area contributed by atoms with Gasteiger partial charge in [0.25, 0.3) is 0 Å². The maximum absolute atomic E-state index is 12.4. The normalized spacial score (nSPS) is 19.5. The third kappa shape index (κ3) is 3.34. The molecule has 0 radical (unpaired) electrons. The molecule has 0 saturated carbocycles. The summed E-state index contributed by atoms with van der Waals surface area (Å²) in [5.41, 5.74) is 4.79. The van der Waals surface area contributed by atoms with Crippen LogP contribution in [0, 0.1) is 11.3 Å². The molecule has 0 bridgehead atoms. The first-order valence-electron chi connectivity index (χ1n) is 5.74. The summed E-state index contributed by atoms with van der Waals surface area (Å²) in [6.07, 6.45) is -4.15. The number of nitrogens with two attached hydrogens (primary N) is 1. The Kier molecular flexibility index (Phi) is 4.06. The molecule has 1 aliphatic rings. The molecular formula is C11H19F3N2O. The van der Waals surface area contributed by atoms with Crippen molar-refractivity contribution >= 4 is 5.91 Å². The van der Waals surface area contributed by atoms with Gasteiger partial charge in [0.2, 0.25) is 5.91 Å². The quantitative estimate of drug-likeness (QED) is 0.814. The van der Waals surface area contributed by atoms with Crippen LogP contribution in [-0.4, -0.2) is 36.6 Å². The highest BCUT2D eigenvalue weighted by molar-refractivity contribution is 5.82. The van der Waals surface area contributed by atoms with E-state index in [9.17, 15) is 18.0 Å². The van der Waals surface area contributed by atoms with Gasteiger partial charge in [0, 0.05) is 19.6 Å². The van der Waals surface area contributed by atoms with Crippen LogP contribution in [0.5, 0.6) is 0 Å². The van der Waals surface area contributed by atoms with Crippen molar-refractivity contribution in [2.75, 3.05) is 19.6 Å². The Bertz CT molecular complexity index is 281.